The summed E-state index contributed by atoms with van der Waals surface area (Å²) in [6, 6.07) is 8.92. The van der Waals surface area contributed by atoms with Gasteiger partial charge in [0, 0.05) is 26.1 Å². The minimum Gasteiger partial charge on any atom is -0.492 e. The van der Waals surface area contributed by atoms with Crippen LogP contribution < -0.4 is 10.1 Å². The first-order chi connectivity index (χ1) is 11.6. The number of rotatable bonds is 5. The molecule has 2 saturated heterocycles. The Labute approximate surface area is 140 Å². The van der Waals surface area contributed by atoms with Crippen molar-refractivity contribution in [2.24, 2.45) is 0 Å². The average molecular weight is 329 g/mol. The molecule has 2 aliphatic heterocycles. The van der Waals surface area contributed by atoms with Gasteiger partial charge in [-0.15, -0.1) is 0 Å². The van der Waals surface area contributed by atoms with Gasteiger partial charge in [0.25, 0.3) is 5.91 Å². The molecule has 1 N–H and O–H groups in total. The zero-order valence-electron chi connectivity index (χ0n) is 13.3. The summed E-state index contributed by atoms with van der Waals surface area (Å²) in [6.07, 6.45) is 1.37. The van der Waals surface area contributed by atoms with Gasteiger partial charge < -0.3 is 14.8 Å². The molecule has 2 aliphatic rings. The molecule has 1 aromatic carbocycles. The van der Waals surface area contributed by atoms with Crippen LogP contribution >= 0.6 is 0 Å². The minimum absolute atomic E-state index is 0.191. The van der Waals surface area contributed by atoms with Crippen LogP contribution in [-0.2, 0) is 16.0 Å². The molecule has 0 bridgehead atoms. The van der Waals surface area contributed by atoms with E-state index in [0.717, 1.165) is 5.56 Å². The van der Waals surface area contributed by atoms with Crippen molar-refractivity contribution in [1.82, 2.24) is 10.2 Å². The van der Waals surface area contributed by atoms with E-state index in [1.54, 1.807) is 12.1 Å². The second kappa shape index (κ2) is 6.89. The number of nitrogens with one attached hydrogen (secondary N) is 1. The Morgan fingerprint density at radius 3 is 2.62 bits per heavy atom. The Balaban J connectivity index is 1.54. The summed E-state index contributed by atoms with van der Waals surface area (Å²) in [5.74, 6) is 0.452. The van der Waals surface area contributed by atoms with E-state index in [-0.39, 0.29) is 25.1 Å². The monoisotopic (exact) mass is 329 g/mol. The van der Waals surface area contributed by atoms with Gasteiger partial charge in [-0.05, 0) is 17.7 Å². The lowest BCUT2D eigenvalue weighted by molar-refractivity contribution is -0.134. The van der Waals surface area contributed by atoms with Crippen molar-refractivity contribution in [2.75, 3.05) is 26.4 Å². The van der Waals surface area contributed by atoms with Gasteiger partial charge in [0.2, 0.25) is 0 Å². The second-order valence-electron chi connectivity index (χ2n) is 5.91. The van der Waals surface area contributed by atoms with Gasteiger partial charge in [0.15, 0.2) is 0 Å². The number of ether oxygens (including phenoxy) is 2. The maximum absolute atomic E-state index is 12.6. The highest BCUT2D eigenvalue weighted by molar-refractivity contribution is 6.07. The predicted octanol–water partition coefficient (Wildman–Crippen LogP) is 1.23. The first kappa shape index (κ1) is 16.3. The van der Waals surface area contributed by atoms with Crippen molar-refractivity contribution in [3.8, 4) is 11.8 Å². The molecule has 0 atom stereocenters. The molecule has 0 radical (unpaired) electrons. The number of carbonyl (C=O) groups excluding carboxylic acids is 2. The summed E-state index contributed by atoms with van der Waals surface area (Å²) in [6.45, 7) is 1.38. The zero-order valence-corrected chi connectivity index (χ0v) is 13.3. The van der Waals surface area contributed by atoms with Gasteiger partial charge in [0.05, 0.1) is 19.0 Å². The third kappa shape index (κ3) is 3.19. The van der Waals surface area contributed by atoms with Crippen LogP contribution in [0.4, 0.5) is 4.79 Å². The van der Waals surface area contributed by atoms with Crippen LogP contribution in [-0.4, -0.2) is 48.7 Å². The Morgan fingerprint density at radius 2 is 1.96 bits per heavy atom. The summed E-state index contributed by atoms with van der Waals surface area (Å²) in [5, 5.41) is 11.5. The summed E-state index contributed by atoms with van der Waals surface area (Å²) < 4.78 is 10.9. The molecule has 0 saturated carbocycles. The molecule has 24 heavy (non-hydrogen) atoms. The Morgan fingerprint density at radius 1 is 1.25 bits per heavy atom. The number of hydrogen-bond donors (Lipinski definition) is 1. The van der Waals surface area contributed by atoms with Crippen LogP contribution in [0, 0.1) is 11.3 Å². The van der Waals surface area contributed by atoms with Crippen LogP contribution in [0.5, 0.6) is 5.75 Å². The largest absolute Gasteiger partial charge is 0.492 e. The third-order valence-electron chi connectivity index (χ3n) is 4.38. The van der Waals surface area contributed by atoms with Gasteiger partial charge in [0.1, 0.15) is 17.9 Å². The first-order valence-corrected chi connectivity index (χ1v) is 7.95. The molecule has 0 unspecified atom stereocenters. The van der Waals surface area contributed by atoms with Crippen LogP contribution in [0.2, 0.25) is 0 Å². The van der Waals surface area contributed by atoms with Gasteiger partial charge in [-0.1, -0.05) is 12.1 Å². The highest BCUT2D eigenvalue weighted by Crippen LogP contribution is 2.28. The van der Waals surface area contributed by atoms with Crippen molar-refractivity contribution in [3.63, 3.8) is 0 Å². The van der Waals surface area contributed by atoms with E-state index in [2.05, 4.69) is 11.4 Å². The summed E-state index contributed by atoms with van der Waals surface area (Å²) in [5.41, 5.74) is 0.120. The molecule has 0 aromatic heterocycles. The molecule has 7 heteroatoms. The lowest BCUT2D eigenvalue weighted by Gasteiger charge is -2.30. The molecular formula is C17H19N3O4. The second-order valence-corrected chi connectivity index (χ2v) is 5.91. The highest BCUT2D eigenvalue weighted by Gasteiger charge is 2.51. The van der Waals surface area contributed by atoms with Crippen molar-refractivity contribution in [2.45, 2.75) is 24.8 Å². The van der Waals surface area contributed by atoms with E-state index in [4.69, 9.17) is 14.7 Å². The van der Waals surface area contributed by atoms with E-state index in [1.807, 2.05) is 12.1 Å². The molecule has 1 spiro atoms. The molecule has 0 aliphatic carbocycles. The van der Waals surface area contributed by atoms with Crippen molar-refractivity contribution >= 4 is 11.9 Å². The standard InChI is InChI=1S/C17H19N3O4/c18-8-5-13-1-3-14(4-2-13)24-12-9-20-15(21)17(19-16(20)22)6-10-23-11-7-17/h1-4H,5-7,9-12H2,(H,19,22). The normalized spacial score (nSPS) is 19.2. The lowest BCUT2D eigenvalue weighted by atomic mass is 9.90. The number of benzene rings is 1. The predicted molar refractivity (Wildman–Crippen MR) is 84.3 cm³/mol. The van der Waals surface area contributed by atoms with Gasteiger partial charge >= 0.3 is 6.03 Å². The van der Waals surface area contributed by atoms with Gasteiger partial charge in [-0.3, -0.25) is 9.69 Å². The van der Waals surface area contributed by atoms with Crippen molar-refractivity contribution in [1.29, 1.82) is 5.26 Å². The SMILES string of the molecule is N#CCc1ccc(OCCN2C(=O)NC3(CCOCC3)C2=O)cc1. The number of imide groups is 1. The number of hydrogen-bond acceptors (Lipinski definition) is 5. The van der Waals surface area contributed by atoms with Crippen molar-refractivity contribution < 1.29 is 19.1 Å². The lowest BCUT2D eigenvalue weighted by Crippen LogP contribution is -2.51. The van der Waals surface area contributed by atoms with E-state index in [0.29, 0.717) is 38.2 Å². The maximum atomic E-state index is 12.6. The number of amides is 3. The van der Waals surface area contributed by atoms with Crippen LogP contribution in [0.15, 0.2) is 24.3 Å². The average Bonchev–Trinajstić information content (AvgIpc) is 2.81. The summed E-state index contributed by atoms with van der Waals surface area (Å²) >= 11 is 0. The highest BCUT2D eigenvalue weighted by atomic mass is 16.5. The van der Waals surface area contributed by atoms with Gasteiger partial charge in [-0.25, -0.2) is 4.79 Å². The van der Waals surface area contributed by atoms with E-state index < -0.39 is 5.54 Å². The van der Waals surface area contributed by atoms with Gasteiger partial charge in [-0.2, -0.15) is 5.26 Å². The smallest absolute Gasteiger partial charge is 0.325 e. The zero-order chi connectivity index (χ0) is 17.0. The quantitative estimate of drug-likeness (QED) is 0.821. The molecule has 126 valence electrons. The Kier molecular flexibility index (Phi) is 4.67. The fraction of sp³-hybridized carbons (Fsp3) is 0.471. The molecule has 7 nitrogen and oxygen atoms in total. The third-order valence-corrected chi connectivity index (χ3v) is 4.38. The fourth-order valence-electron chi connectivity index (χ4n) is 2.99. The van der Waals surface area contributed by atoms with Crippen LogP contribution in [0.3, 0.4) is 0 Å². The summed E-state index contributed by atoms with van der Waals surface area (Å²) in [7, 11) is 0. The molecular weight excluding hydrogens is 310 g/mol. The molecule has 1 aromatic rings. The molecule has 2 fully saturated rings. The van der Waals surface area contributed by atoms with E-state index >= 15 is 0 Å². The number of carbonyl (C=O) groups is 2. The Hall–Kier alpha value is -2.59. The van der Waals surface area contributed by atoms with Crippen LogP contribution in [0.25, 0.3) is 0 Å². The first-order valence-electron chi connectivity index (χ1n) is 7.95. The molecule has 3 rings (SSSR count). The van der Waals surface area contributed by atoms with E-state index in [1.165, 1.54) is 4.90 Å². The van der Waals surface area contributed by atoms with E-state index in [9.17, 15) is 9.59 Å². The topological polar surface area (TPSA) is 91.7 Å². The maximum Gasteiger partial charge on any atom is 0.325 e. The minimum atomic E-state index is -0.797. The number of urea groups is 1. The summed E-state index contributed by atoms with van der Waals surface area (Å²) in [4.78, 5) is 25.9. The Bertz CT molecular complexity index is 659. The van der Waals surface area contributed by atoms with Crippen LogP contribution in [0.1, 0.15) is 18.4 Å². The number of nitrogens with zero attached hydrogens (tertiary/aromatic N) is 2. The fourth-order valence-corrected chi connectivity index (χ4v) is 2.99. The molecule has 2 heterocycles. The number of nitriles is 1. The molecule has 3 amide bonds. The van der Waals surface area contributed by atoms with Crippen molar-refractivity contribution in [3.05, 3.63) is 29.8 Å².